The van der Waals surface area contributed by atoms with Crippen LogP contribution in [0, 0.1) is 12.8 Å². The van der Waals surface area contributed by atoms with Gasteiger partial charge in [-0.2, -0.15) is 0 Å². The van der Waals surface area contributed by atoms with E-state index in [2.05, 4.69) is 5.32 Å². The molecular weight excluding hydrogens is 222 g/mol. The van der Waals surface area contributed by atoms with Gasteiger partial charge in [-0.05, 0) is 18.9 Å². The molecule has 0 saturated carbocycles. The van der Waals surface area contributed by atoms with Gasteiger partial charge in [0.05, 0.1) is 6.26 Å². The number of carbonyl (C=O) groups is 2. The van der Waals surface area contributed by atoms with Crippen molar-refractivity contribution in [2.75, 3.05) is 0 Å². The van der Waals surface area contributed by atoms with Gasteiger partial charge in [-0.25, -0.2) is 4.79 Å². The highest BCUT2D eigenvalue weighted by atomic mass is 16.4. The number of hydrogen-bond donors (Lipinski definition) is 2. The first-order valence-electron chi connectivity index (χ1n) is 5.55. The van der Waals surface area contributed by atoms with E-state index in [0.717, 1.165) is 0 Å². The van der Waals surface area contributed by atoms with E-state index in [1.54, 1.807) is 19.9 Å². The van der Waals surface area contributed by atoms with Gasteiger partial charge in [0.25, 0.3) is 5.91 Å². The van der Waals surface area contributed by atoms with Crippen LogP contribution in [-0.2, 0) is 4.79 Å². The topological polar surface area (TPSA) is 79.5 Å². The summed E-state index contributed by atoms with van der Waals surface area (Å²) in [4.78, 5) is 22.8. The van der Waals surface area contributed by atoms with Crippen LogP contribution in [0.4, 0.5) is 0 Å². The Morgan fingerprint density at radius 3 is 2.59 bits per heavy atom. The molecule has 0 bridgehead atoms. The Kier molecular flexibility index (Phi) is 4.31. The van der Waals surface area contributed by atoms with Gasteiger partial charge in [0, 0.05) is 5.56 Å². The third kappa shape index (κ3) is 3.09. The molecule has 1 amide bonds. The summed E-state index contributed by atoms with van der Waals surface area (Å²) in [7, 11) is 0. The highest BCUT2D eigenvalue weighted by molar-refractivity contribution is 5.95. The fraction of sp³-hybridized carbons (Fsp3) is 0.500. The van der Waals surface area contributed by atoms with Crippen molar-refractivity contribution in [2.24, 2.45) is 5.92 Å². The SMILES string of the molecule is CC[C@H](C)[C@H](NC(=O)c1occc1C)C(=O)O. The first-order valence-corrected chi connectivity index (χ1v) is 5.55. The van der Waals surface area contributed by atoms with Gasteiger partial charge in [0.15, 0.2) is 5.76 Å². The summed E-state index contributed by atoms with van der Waals surface area (Å²) < 4.78 is 5.02. The van der Waals surface area contributed by atoms with Gasteiger partial charge in [0.1, 0.15) is 6.04 Å². The summed E-state index contributed by atoms with van der Waals surface area (Å²) in [5, 5.41) is 11.5. The van der Waals surface area contributed by atoms with Crippen molar-refractivity contribution in [3.8, 4) is 0 Å². The van der Waals surface area contributed by atoms with E-state index in [1.807, 2.05) is 6.92 Å². The second-order valence-corrected chi connectivity index (χ2v) is 4.11. The summed E-state index contributed by atoms with van der Waals surface area (Å²) in [6.07, 6.45) is 2.08. The Bertz CT molecular complexity index is 410. The number of carboxylic acids is 1. The molecule has 1 heterocycles. The number of carboxylic acid groups (broad SMARTS) is 1. The minimum atomic E-state index is -1.03. The maximum Gasteiger partial charge on any atom is 0.326 e. The van der Waals surface area contributed by atoms with E-state index in [0.29, 0.717) is 12.0 Å². The lowest BCUT2D eigenvalue weighted by molar-refractivity contribution is -0.140. The van der Waals surface area contributed by atoms with Gasteiger partial charge in [-0.1, -0.05) is 20.3 Å². The molecule has 1 aromatic rings. The number of amides is 1. The zero-order chi connectivity index (χ0) is 13.0. The third-order valence-corrected chi connectivity index (χ3v) is 2.83. The fourth-order valence-corrected chi connectivity index (χ4v) is 1.50. The maximum absolute atomic E-state index is 11.8. The fourth-order valence-electron chi connectivity index (χ4n) is 1.50. The number of carbonyl (C=O) groups excluding carboxylic acids is 1. The predicted molar refractivity (Wildman–Crippen MR) is 61.8 cm³/mol. The summed E-state index contributed by atoms with van der Waals surface area (Å²) in [5.41, 5.74) is 0.691. The van der Waals surface area contributed by atoms with E-state index in [9.17, 15) is 9.59 Å². The lowest BCUT2D eigenvalue weighted by atomic mass is 9.99. The standard InChI is InChI=1S/C12H17NO4/c1-4-7(2)9(12(15)16)13-11(14)10-8(3)5-6-17-10/h5-7,9H,4H2,1-3H3,(H,13,14)(H,15,16)/t7-,9-/m0/s1. The minimum Gasteiger partial charge on any atom is -0.480 e. The molecule has 0 fully saturated rings. The van der Waals surface area contributed by atoms with Crippen LogP contribution in [0.1, 0.15) is 36.4 Å². The lowest BCUT2D eigenvalue weighted by Gasteiger charge is -2.19. The Balaban J connectivity index is 2.78. The summed E-state index contributed by atoms with van der Waals surface area (Å²) in [5.74, 6) is -1.48. The van der Waals surface area contributed by atoms with Crippen LogP contribution in [0.15, 0.2) is 16.7 Å². The van der Waals surface area contributed by atoms with Crippen LogP contribution in [-0.4, -0.2) is 23.0 Å². The molecule has 0 aliphatic carbocycles. The van der Waals surface area contributed by atoms with Gasteiger partial charge in [-0.3, -0.25) is 4.79 Å². The van der Waals surface area contributed by atoms with Crippen molar-refractivity contribution in [1.29, 1.82) is 0 Å². The third-order valence-electron chi connectivity index (χ3n) is 2.83. The van der Waals surface area contributed by atoms with Crippen LogP contribution in [0.5, 0.6) is 0 Å². The second-order valence-electron chi connectivity index (χ2n) is 4.11. The Morgan fingerprint density at radius 2 is 2.18 bits per heavy atom. The molecular formula is C12H17NO4. The minimum absolute atomic E-state index is 0.133. The molecule has 0 aliphatic rings. The molecule has 0 aromatic carbocycles. The van der Waals surface area contributed by atoms with Gasteiger partial charge in [-0.15, -0.1) is 0 Å². The molecule has 1 aromatic heterocycles. The zero-order valence-corrected chi connectivity index (χ0v) is 10.2. The van der Waals surface area contributed by atoms with Gasteiger partial charge >= 0.3 is 5.97 Å². The van der Waals surface area contributed by atoms with Gasteiger partial charge < -0.3 is 14.8 Å². The number of rotatable bonds is 5. The van der Waals surface area contributed by atoms with Crippen molar-refractivity contribution in [2.45, 2.75) is 33.2 Å². The Hall–Kier alpha value is -1.78. The monoisotopic (exact) mass is 239 g/mol. The molecule has 2 N–H and O–H groups in total. The summed E-state index contributed by atoms with van der Waals surface area (Å²) in [6.45, 7) is 5.40. The van der Waals surface area contributed by atoms with Crippen LogP contribution >= 0.6 is 0 Å². The van der Waals surface area contributed by atoms with Crippen molar-refractivity contribution in [3.63, 3.8) is 0 Å². The number of aryl methyl sites for hydroxylation is 1. The number of nitrogens with one attached hydrogen (secondary N) is 1. The van der Waals surface area contributed by atoms with E-state index >= 15 is 0 Å². The van der Waals surface area contributed by atoms with Gasteiger partial charge in [0.2, 0.25) is 0 Å². The van der Waals surface area contributed by atoms with E-state index in [-0.39, 0.29) is 11.7 Å². The predicted octanol–water partition coefficient (Wildman–Crippen LogP) is 1.82. The van der Waals surface area contributed by atoms with Crippen LogP contribution in [0.2, 0.25) is 0 Å². The van der Waals surface area contributed by atoms with E-state index in [4.69, 9.17) is 9.52 Å². The van der Waals surface area contributed by atoms with Crippen molar-refractivity contribution in [1.82, 2.24) is 5.32 Å². The van der Waals surface area contributed by atoms with Crippen LogP contribution < -0.4 is 5.32 Å². The smallest absolute Gasteiger partial charge is 0.326 e. The first-order chi connectivity index (χ1) is 7.97. The normalized spacial score (nSPS) is 14.1. The Labute approximate surface area is 99.8 Å². The van der Waals surface area contributed by atoms with Crippen LogP contribution in [0.25, 0.3) is 0 Å². The molecule has 0 radical (unpaired) electrons. The quantitative estimate of drug-likeness (QED) is 0.821. The molecule has 0 unspecified atom stereocenters. The average Bonchev–Trinajstić information content (AvgIpc) is 2.70. The summed E-state index contributed by atoms with van der Waals surface area (Å²) >= 11 is 0. The highest BCUT2D eigenvalue weighted by Crippen LogP contribution is 2.12. The molecule has 5 heteroatoms. The van der Waals surface area contributed by atoms with E-state index < -0.39 is 17.9 Å². The number of aliphatic carboxylic acids is 1. The largest absolute Gasteiger partial charge is 0.480 e. The lowest BCUT2D eigenvalue weighted by Crippen LogP contribution is -2.45. The second kappa shape index (κ2) is 5.52. The van der Waals surface area contributed by atoms with Crippen LogP contribution in [0.3, 0.4) is 0 Å². The molecule has 17 heavy (non-hydrogen) atoms. The molecule has 2 atom stereocenters. The average molecular weight is 239 g/mol. The van der Waals surface area contributed by atoms with Crippen molar-refractivity contribution >= 4 is 11.9 Å². The van der Waals surface area contributed by atoms with Crippen molar-refractivity contribution < 1.29 is 19.1 Å². The highest BCUT2D eigenvalue weighted by Gasteiger charge is 2.27. The Morgan fingerprint density at radius 1 is 1.53 bits per heavy atom. The molecule has 94 valence electrons. The maximum atomic E-state index is 11.8. The summed E-state index contributed by atoms with van der Waals surface area (Å²) in [6, 6.07) is 0.769. The molecule has 5 nitrogen and oxygen atoms in total. The zero-order valence-electron chi connectivity index (χ0n) is 10.2. The van der Waals surface area contributed by atoms with Crippen molar-refractivity contribution in [3.05, 3.63) is 23.7 Å². The number of hydrogen-bond acceptors (Lipinski definition) is 3. The first kappa shape index (κ1) is 13.3. The molecule has 0 saturated heterocycles. The molecule has 1 rings (SSSR count). The molecule has 0 aliphatic heterocycles. The van der Waals surface area contributed by atoms with E-state index in [1.165, 1.54) is 6.26 Å². The number of furan rings is 1. The molecule has 0 spiro atoms.